The van der Waals surface area contributed by atoms with Crippen LogP contribution in [-0.2, 0) is 12.6 Å². The van der Waals surface area contributed by atoms with E-state index in [1.165, 1.54) is 6.20 Å². The van der Waals surface area contributed by atoms with Crippen molar-refractivity contribution in [1.82, 2.24) is 19.9 Å². The number of alkyl halides is 3. The molecule has 8 nitrogen and oxygen atoms in total. The number of rotatable bonds is 8. The number of β-amino-alcohol motifs (C(OH)–C–C–N with tert-alkyl or cyclic N) is 1. The largest absolute Gasteiger partial charge is 0.417 e. The molecule has 0 amide bonds. The molecule has 1 aliphatic heterocycles. The van der Waals surface area contributed by atoms with Gasteiger partial charge in [-0.2, -0.15) is 13.2 Å². The van der Waals surface area contributed by atoms with Crippen LogP contribution >= 0.6 is 34.3 Å². The molecule has 1 aliphatic rings. The van der Waals surface area contributed by atoms with E-state index in [4.69, 9.17) is 16.7 Å². The average molecular weight is 547 g/mol. The van der Waals surface area contributed by atoms with Crippen molar-refractivity contribution in [1.29, 1.82) is 0 Å². The van der Waals surface area contributed by atoms with E-state index in [2.05, 4.69) is 30.1 Å². The fourth-order valence-corrected chi connectivity index (χ4v) is 5.58. The normalized spacial score (nSPS) is 15.0. The Morgan fingerprint density at radius 1 is 1.26 bits per heavy atom. The lowest BCUT2D eigenvalue weighted by Gasteiger charge is -2.35. The average Bonchev–Trinajstić information content (AvgIpc) is 3.41. The van der Waals surface area contributed by atoms with Crippen LogP contribution in [0.3, 0.4) is 0 Å². The number of aliphatic hydroxyl groups excluding tert-OH is 1. The number of Topliss-reactive ketones (excluding diaryl/α,β-unsaturated/α-hetero) is 1. The summed E-state index contributed by atoms with van der Waals surface area (Å²) in [5, 5.41) is 13.5. The van der Waals surface area contributed by atoms with E-state index >= 15 is 0 Å². The van der Waals surface area contributed by atoms with Gasteiger partial charge in [0.2, 0.25) is 0 Å². The molecule has 0 aromatic carbocycles. The van der Waals surface area contributed by atoms with Gasteiger partial charge in [-0.05, 0) is 6.92 Å². The fourth-order valence-electron chi connectivity index (χ4n) is 3.70. The SMILES string of the molecule is Cc1nc(Nc2ncc(C(=O)Cc3c(C(F)(F)F)csc3Cl)s2)cc(N2CCN(CCO)CC2)n1. The number of aliphatic hydroxyl groups is 1. The zero-order valence-corrected chi connectivity index (χ0v) is 21.0. The number of carbonyl (C=O) groups is 1. The summed E-state index contributed by atoms with van der Waals surface area (Å²) in [7, 11) is 0. The van der Waals surface area contributed by atoms with Gasteiger partial charge in [-0.1, -0.05) is 22.9 Å². The predicted octanol–water partition coefficient (Wildman–Crippen LogP) is 4.26. The topological polar surface area (TPSA) is 94.5 Å². The zero-order chi connectivity index (χ0) is 25.2. The Balaban J connectivity index is 1.44. The third-order valence-electron chi connectivity index (χ3n) is 5.44. The number of hydrogen-bond donors (Lipinski definition) is 2. The Morgan fingerprint density at radius 2 is 2.00 bits per heavy atom. The highest BCUT2D eigenvalue weighted by Crippen LogP contribution is 2.40. The molecule has 188 valence electrons. The smallest absolute Gasteiger partial charge is 0.395 e. The number of aromatic nitrogens is 3. The molecule has 4 heterocycles. The van der Waals surface area contributed by atoms with Crippen molar-refractivity contribution in [3.8, 4) is 0 Å². The second kappa shape index (κ2) is 10.7. The van der Waals surface area contributed by atoms with Crippen LogP contribution in [0.15, 0.2) is 17.6 Å². The highest BCUT2D eigenvalue weighted by Gasteiger charge is 2.36. The number of carbonyl (C=O) groups excluding carboxylic acids is 1. The van der Waals surface area contributed by atoms with Gasteiger partial charge < -0.3 is 15.3 Å². The summed E-state index contributed by atoms with van der Waals surface area (Å²) in [5.41, 5.74) is -1.10. The highest BCUT2D eigenvalue weighted by atomic mass is 35.5. The van der Waals surface area contributed by atoms with Gasteiger partial charge in [0, 0.05) is 56.2 Å². The minimum absolute atomic E-state index is 0.0466. The number of aryl methyl sites for hydroxylation is 1. The molecule has 2 N–H and O–H groups in total. The summed E-state index contributed by atoms with van der Waals surface area (Å²) in [6, 6.07) is 1.79. The molecule has 0 bridgehead atoms. The second-order valence-electron chi connectivity index (χ2n) is 7.86. The van der Waals surface area contributed by atoms with Crippen molar-refractivity contribution in [2.24, 2.45) is 0 Å². The lowest BCUT2D eigenvalue weighted by molar-refractivity contribution is -0.137. The summed E-state index contributed by atoms with van der Waals surface area (Å²) in [6.45, 7) is 5.69. The van der Waals surface area contributed by atoms with Crippen molar-refractivity contribution in [3.05, 3.63) is 43.8 Å². The number of thiazole rings is 1. The maximum atomic E-state index is 13.2. The van der Waals surface area contributed by atoms with E-state index in [1.54, 1.807) is 13.0 Å². The van der Waals surface area contributed by atoms with Crippen LogP contribution < -0.4 is 10.2 Å². The molecule has 0 spiro atoms. The van der Waals surface area contributed by atoms with Crippen LogP contribution in [0.1, 0.15) is 26.6 Å². The highest BCUT2D eigenvalue weighted by molar-refractivity contribution is 7.17. The molecule has 0 aliphatic carbocycles. The van der Waals surface area contributed by atoms with E-state index in [0.29, 0.717) is 23.3 Å². The van der Waals surface area contributed by atoms with E-state index in [0.717, 1.165) is 60.1 Å². The van der Waals surface area contributed by atoms with Gasteiger partial charge in [0.15, 0.2) is 10.9 Å². The second-order valence-corrected chi connectivity index (χ2v) is 10.4. The number of hydrogen-bond acceptors (Lipinski definition) is 10. The Hall–Kier alpha value is -2.32. The van der Waals surface area contributed by atoms with Gasteiger partial charge in [-0.15, -0.1) is 11.3 Å². The summed E-state index contributed by atoms with van der Waals surface area (Å²) in [5.74, 6) is 1.31. The summed E-state index contributed by atoms with van der Waals surface area (Å²) in [6.07, 6.45) is -3.70. The van der Waals surface area contributed by atoms with Crippen LogP contribution in [0.4, 0.5) is 29.9 Å². The maximum absolute atomic E-state index is 13.2. The zero-order valence-electron chi connectivity index (χ0n) is 18.6. The molecule has 3 aromatic rings. The van der Waals surface area contributed by atoms with Gasteiger partial charge >= 0.3 is 6.18 Å². The molecular weight excluding hydrogens is 525 g/mol. The summed E-state index contributed by atoms with van der Waals surface area (Å²) < 4.78 is 39.6. The minimum atomic E-state index is -4.58. The first-order valence-corrected chi connectivity index (χ1v) is 12.7. The quantitative estimate of drug-likeness (QED) is 0.405. The third kappa shape index (κ3) is 6.28. The van der Waals surface area contributed by atoms with Crippen molar-refractivity contribution in [3.63, 3.8) is 0 Å². The van der Waals surface area contributed by atoms with Gasteiger partial charge in [0.1, 0.15) is 17.5 Å². The predicted molar refractivity (Wildman–Crippen MR) is 130 cm³/mol. The minimum Gasteiger partial charge on any atom is -0.395 e. The Morgan fingerprint density at radius 3 is 2.69 bits per heavy atom. The Kier molecular flexibility index (Phi) is 7.91. The van der Waals surface area contributed by atoms with E-state index < -0.39 is 23.9 Å². The maximum Gasteiger partial charge on any atom is 0.417 e. The van der Waals surface area contributed by atoms with Crippen molar-refractivity contribution in [2.45, 2.75) is 19.5 Å². The van der Waals surface area contributed by atoms with Gasteiger partial charge in [0.05, 0.1) is 27.6 Å². The third-order valence-corrected chi connectivity index (χ3v) is 7.69. The molecule has 1 fully saturated rings. The number of piperazine rings is 1. The number of ketones is 1. The molecule has 3 aromatic heterocycles. The molecular formula is C21H22ClF3N6O2S2. The monoisotopic (exact) mass is 546 g/mol. The number of anilines is 3. The van der Waals surface area contributed by atoms with Crippen LogP contribution in [-0.4, -0.2) is 70.1 Å². The lowest BCUT2D eigenvalue weighted by atomic mass is 10.1. The lowest BCUT2D eigenvalue weighted by Crippen LogP contribution is -2.47. The molecule has 35 heavy (non-hydrogen) atoms. The van der Waals surface area contributed by atoms with Crippen molar-refractivity contribution >= 4 is 56.8 Å². The molecule has 14 heteroatoms. The summed E-state index contributed by atoms with van der Waals surface area (Å²) in [4.78, 5) is 30.3. The Bertz CT molecular complexity index is 1190. The first kappa shape index (κ1) is 25.8. The molecule has 0 saturated carbocycles. The summed E-state index contributed by atoms with van der Waals surface area (Å²) >= 11 is 7.71. The molecule has 0 radical (unpaired) electrons. The number of nitrogens with one attached hydrogen (secondary N) is 1. The molecule has 4 rings (SSSR count). The van der Waals surface area contributed by atoms with Gasteiger partial charge in [-0.25, -0.2) is 15.0 Å². The number of thiophene rings is 1. The molecule has 1 saturated heterocycles. The van der Waals surface area contributed by atoms with E-state index in [-0.39, 0.29) is 21.4 Å². The van der Waals surface area contributed by atoms with Gasteiger partial charge in [-0.3, -0.25) is 9.69 Å². The van der Waals surface area contributed by atoms with Gasteiger partial charge in [0.25, 0.3) is 0 Å². The molecule has 0 atom stereocenters. The standard InChI is InChI=1S/C21H22ClF3N6O2S2/c1-12-27-17(9-18(28-12)31-4-2-30(3-5-31)6-7-32)29-20-26-10-16(35-20)15(33)8-13-14(21(23,24)25)11-34-19(13)22/h9-11,32H,2-8H2,1H3,(H,26,27,28,29). The van der Waals surface area contributed by atoms with E-state index in [9.17, 15) is 18.0 Å². The van der Waals surface area contributed by atoms with Crippen LogP contribution in [0.5, 0.6) is 0 Å². The van der Waals surface area contributed by atoms with Crippen LogP contribution in [0, 0.1) is 6.92 Å². The Labute approximate surface area is 212 Å². The first-order chi connectivity index (χ1) is 16.6. The van der Waals surface area contributed by atoms with Crippen LogP contribution in [0.2, 0.25) is 4.34 Å². The number of halogens is 4. The number of nitrogens with zero attached hydrogens (tertiary/aromatic N) is 5. The van der Waals surface area contributed by atoms with Crippen molar-refractivity contribution in [2.75, 3.05) is 49.5 Å². The van der Waals surface area contributed by atoms with E-state index in [1.807, 2.05) is 0 Å². The molecule has 0 unspecified atom stereocenters. The van der Waals surface area contributed by atoms with Crippen molar-refractivity contribution < 1.29 is 23.1 Å². The first-order valence-electron chi connectivity index (χ1n) is 10.7. The van der Waals surface area contributed by atoms with Crippen LogP contribution in [0.25, 0.3) is 0 Å². The fraction of sp³-hybridized carbons (Fsp3) is 0.429.